The van der Waals surface area contributed by atoms with Crippen molar-refractivity contribution >= 4 is 0 Å². The number of hydrogen-bond donors (Lipinski definition) is 4. The van der Waals surface area contributed by atoms with E-state index in [9.17, 15) is 0 Å². The smallest absolute Gasteiger partial charge is 0.101 e. The zero-order valence-electron chi connectivity index (χ0n) is 34.6. The minimum atomic E-state index is 0. The second-order valence-electron chi connectivity index (χ2n) is 13.2. The molecule has 0 bridgehead atoms. The second-order valence-corrected chi connectivity index (χ2v) is 13.2. The van der Waals surface area contributed by atoms with Crippen molar-refractivity contribution in [1.82, 2.24) is 5.32 Å². The van der Waals surface area contributed by atoms with Gasteiger partial charge in [0.25, 0.3) is 0 Å². The first-order valence-corrected chi connectivity index (χ1v) is 20.3. The van der Waals surface area contributed by atoms with Gasteiger partial charge in [-0.3, -0.25) is 0 Å². The van der Waals surface area contributed by atoms with E-state index in [-0.39, 0.29) is 19.8 Å². The van der Waals surface area contributed by atoms with Crippen LogP contribution in [0.25, 0.3) is 0 Å². The molecule has 60 heavy (non-hydrogen) atoms. The summed E-state index contributed by atoms with van der Waals surface area (Å²) in [4.78, 5) is 0. The molecule has 0 fully saturated rings. The number of hydrogen-bond acceptors (Lipinski definition) is 6. The summed E-state index contributed by atoms with van der Waals surface area (Å²) in [6.45, 7) is 10.9. The van der Waals surface area contributed by atoms with E-state index in [1.165, 1.54) is 33.4 Å². The van der Waals surface area contributed by atoms with Crippen LogP contribution in [0.3, 0.4) is 0 Å². The highest BCUT2D eigenvalue weighted by Crippen LogP contribution is 2.03. The normalized spacial score (nSPS) is 9.90. The summed E-state index contributed by atoms with van der Waals surface area (Å²) < 4.78 is 21.8. The maximum absolute atomic E-state index is 5.63. The Labute approximate surface area is 367 Å². The van der Waals surface area contributed by atoms with Crippen LogP contribution >= 0.6 is 0 Å². The van der Waals surface area contributed by atoms with E-state index in [2.05, 4.69) is 101 Å². The topological polar surface area (TPSA) is 119 Å². The third-order valence-electron chi connectivity index (χ3n) is 8.28. The molecule has 0 aliphatic rings. The van der Waals surface area contributed by atoms with Gasteiger partial charge in [-0.15, -0.1) is 0 Å². The van der Waals surface area contributed by atoms with Crippen LogP contribution in [0.2, 0.25) is 0 Å². The van der Waals surface area contributed by atoms with E-state index in [1.807, 2.05) is 97.1 Å². The van der Waals surface area contributed by atoms with Gasteiger partial charge in [0.2, 0.25) is 0 Å². The number of benzene rings is 6. The average Bonchev–Trinajstić information content (AvgIpc) is 3.29. The number of ether oxygens (including phenoxy) is 4. The largest absolute Gasteiger partial charge is 1.00 e. The number of nitrogens with two attached hydrogens (primary N) is 2. The first kappa shape index (κ1) is 53.3. The third-order valence-corrected chi connectivity index (χ3v) is 8.28. The molecule has 8 N–H and O–H groups in total. The van der Waals surface area contributed by atoms with Crippen LogP contribution in [0.15, 0.2) is 182 Å². The van der Waals surface area contributed by atoms with Crippen molar-refractivity contribution in [3.8, 4) is 0 Å². The van der Waals surface area contributed by atoms with E-state index < -0.39 is 0 Å². The van der Waals surface area contributed by atoms with Crippen LogP contribution in [-0.4, -0.2) is 52.6 Å². The molecule has 0 heterocycles. The molecule has 324 valence electrons. The molecule has 0 saturated heterocycles. The van der Waals surface area contributed by atoms with Crippen LogP contribution in [0.4, 0.5) is 0 Å². The fraction of sp³-hybridized carbons (Fsp3) is 0.294. The lowest BCUT2D eigenvalue weighted by Gasteiger charge is -2.06. The lowest BCUT2D eigenvalue weighted by atomic mass is 10.2. The highest BCUT2D eigenvalue weighted by molar-refractivity contribution is 5.17. The molecule has 0 aliphatic carbocycles. The monoisotopic (exact) mass is 838 g/mol. The Morgan fingerprint density at radius 1 is 0.433 bits per heavy atom. The lowest BCUT2D eigenvalue weighted by molar-refractivity contribution is -0.672. The van der Waals surface area contributed by atoms with E-state index >= 15 is 0 Å². The standard InChI is InChI=1S/2C16H19NO.2C9H13NO.CH4.ClH/c2*1-3-7-15(8-4-1)13-17-11-12-18-14-16-9-5-2-6-10-16;2*10-6-7-11-8-9-4-2-1-3-5-9;;/h2*1-10,17H,11-14H2;2*1-5H,6-8,10H2;1H4;1H/p+1. The Balaban J connectivity index is 0.000000406. The molecule has 0 spiro atoms. The maximum atomic E-state index is 5.63. The first-order valence-electron chi connectivity index (χ1n) is 20.3. The highest BCUT2D eigenvalue weighted by atomic mass is 35.5. The van der Waals surface area contributed by atoms with Gasteiger partial charge in [0.05, 0.1) is 65.9 Å². The van der Waals surface area contributed by atoms with Crippen molar-refractivity contribution in [3.63, 3.8) is 0 Å². The fourth-order valence-electron chi connectivity index (χ4n) is 5.26. The van der Waals surface area contributed by atoms with Gasteiger partial charge in [-0.1, -0.05) is 189 Å². The van der Waals surface area contributed by atoms with Crippen LogP contribution in [-0.2, 0) is 58.5 Å². The van der Waals surface area contributed by atoms with Crippen molar-refractivity contribution in [3.05, 3.63) is 215 Å². The Morgan fingerprint density at radius 2 is 0.767 bits per heavy atom. The Morgan fingerprint density at radius 3 is 1.15 bits per heavy atom. The minimum absolute atomic E-state index is 0. The number of nitrogens with one attached hydrogen (secondary N) is 1. The third kappa shape index (κ3) is 28.7. The van der Waals surface area contributed by atoms with E-state index in [4.69, 9.17) is 24.7 Å². The van der Waals surface area contributed by atoms with Crippen molar-refractivity contribution in [2.75, 3.05) is 52.6 Å². The molecular weight excluding hydrogens is 768 g/mol. The zero-order valence-corrected chi connectivity index (χ0v) is 35.3. The molecule has 6 rings (SSSR count). The quantitative estimate of drug-likeness (QED) is 0.0763. The van der Waals surface area contributed by atoms with Crippen molar-refractivity contribution < 1.29 is 42.4 Å². The summed E-state index contributed by atoms with van der Waals surface area (Å²) >= 11 is 0. The SMILES string of the molecule is C.NCCOCc1ccccc1.[Cl-].[NH3+]CCOCc1ccccc1.c1ccc(CNCCOCc2ccccc2)cc1.c1ccc(C[NH2+]CCOCc2ccccc2)cc1. The van der Waals surface area contributed by atoms with Crippen molar-refractivity contribution in [1.29, 1.82) is 0 Å². The molecule has 0 unspecified atom stereocenters. The fourth-order valence-corrected chi connectivity index (χ4v) is 5.26. The molecule has 0 radical (unpaired) electrons. The van der Waals surface area contributed by atoms with Gasteiger partial charge >= 0.3 is 0 Å². The Kier molecular flexibility index (Phi) is 34.2. The molecule has 9 heteroatoms. The van der Waals surface area contributed by atoms with Crippen LogP contribution < -0.4 is 34.5 Å². The summed E-state index contributed by atoms with van der Waals surface area (Å²) in [5.74, 6) is 0. The van der Waals surface area contributed by atoms with Gasteiger partial charge in [0.15, 0.2) is 0 Å². The van der Waals surface area contributed by atoms with Gasteiger partial charge in [0.1, 0.15) is 6.54 Å². The highest BCUT2D eigenvalue weighted by Gasteiger charge is 1.97. The molecule has 0 atom stereocenters. The lowest BCUT2D eigenvalue weighted by Crippen LogP contribution is -3.00. The van der Waals surface area contributed by atoms with Gasteiger partial charge in [-0.05, 0) is 27.8 Å². The predicted octanol–water partition coefficient (Wildman–Crippen LogP) is 4.21. The minimum Gasteiger partial charge on any atom is -1.00 e. The average molecular weight is 839 g/mol. The van der Waals surface area contributed by atoms with Crippen molar-refractivity contribution in [2.24, 2.45) is 5.73 Å². The first-order chi connectivity index (χ1) is 28.8. The number of quaternary nitrogens is 2. The van der Waals surface area contributed by atoms with Crippen molar-refractivity contribution in [2.45, 2.75) is 46.9 Å². The summed E-state index contributed by atoms with van der Waals surface area (Å²) in [5.41, 5.74) is 16.5. The summed E-state index contributed by atoms with van der Waals surface area (Å²) in [7, 11) is 0. The molecule has 6 aromatic rings. The molecule has 0 saturated carbocycles. The second kappa shape index (κ2) is 38.5. The van der Waals surface area contributed by atoms with Crippen LogP contribution in [0, 0.1) is 0 Å². The van der Waals surface area contributed by atoms with Gasteiger partial charge in [-0.25, -0.2) is 0 Å². The molecule has 6 aromatic carbocycles. The molecule has 8 nitrogen and oxygen atoms in total. The molecular formula is C51H70ClN4O4+. The van der Waals surface area contributed by atoms with Crippen LogP contribution in [0.1, 0.15) is 40.8 Å². The van der Waals surface area contributed by atoms with Gasteiger partial charge in [0, 0.05) is 25.2 Å². The Hall–Kier alpha value is -4.71. The van der Waals surface area contributed by atoms with E-state index in [0.717, 1.165) is 52.5 Å². The summed E-state index contributed by atoms with van der Waals surface area (Å²) in [6.07, 6.45) is 0. The molecule has 0 aromatic heterocycles. The van der Waals surface area contributed by atoms with Crippen LogP contribution in [0.5, 0.6) is 0 Å². The number of rotatable bonds is 22. The zero-order chi connectivity index (χ0) is 40.8. The van der Waals surface area contributed by atoms with E-state index in [1.54, 1.807) is 0 Å². The summed E-state index contributed by atoms with van der Waals surface area (Å²) in [5, 5.41) is 5.64. The number of halogens is 1. The Bertz CT molecular complexity index is 1530. The summed E-state index contributed by atoms with van der Waals surface area (Å²) in [6, 6.07) is 61.7. The van der Waals surface area contributed by atoms with Gasteiger partial charge < -0.3 is 53.5 Å². The maximum Gasteiger partial charge on any atom is 0.101 e. The van der Waals surface area contributed by atoms with Gasteiger partial charge in [-0.2, -0.15) is 0 Å². The molecule has 0 amide bonds. The molecule has 0 aliphatic heterocycles. The van der Waals surface area contributed by atoms with E-state index in [0.29, 0.717) is 39.6 Å². The predicted molar refractivity (Wildman–Crippen MR) is 243 cm³/mol.